The van der Waals surface area contributed by atoms with Gasteiger partial charge in [0, 0.05) is 11.3 Å². The third-order valence-corrected chi connectivity index (χ3v) is 4.31. The van der Waals surface area contributed by atoms with Crippen LogP contribution in [0.15, 0.2) is 83.3 Å². The highest BCUT2D eigenvalue weighted by molar-refractivity contribution is 5.53. The summed E-state index contributed by atoms with van der Waals surface area (Å²) in [5, 5.41) is 11.8. The minimum atomic E-state index is -0.432. The maximum Gasteiger partial charge on any atom is 0.247 e. The van der Waals surface area contributed by atoms with Gasteiger partial charge in [0.25, 0.3) is 0 Å². The molecule has 140 valence electrons. The molecule has 1 heterocycles. The average molecular weight is 375 g/mol. The molecule has 0 fully saturated rings. The van der Waals surface area contributed by atoms with Crippen LogP contribution < -0.4 is 10.1 Å². The summed E-state index contributed by atoms with van der Waals surface area (Å²) in [6.07, 6.45) is 0. The van der Waals surface area contributed by atoms with E-state index in [1.807, 2.05) is 54.6 Å². The predicted octanol–water partition coefficient (Wildman–Crippen LogP) is 5.09. The zero-order valence-corrected chi connectivity index (χ0v) is 15.2. The van der Waals surface area contributed by atoms with Gasteiger partial charge < -0.3 is 14.5 Å². The summed E-state index contributed by atoms with van der Waals surface area (Å²) in [7, 11) is 1.62. The van der Waals surface area contributed by atoms with Crippen molar-refractivity contribution in [2.24, 2.45) is 0 Å². The van der Waals surface area contributed by atoms with E-state index in [2.05, 4.69) is 15.5 Å². The van der Waals surface area contributed by atoms with Crippen molar-refractivity contribution < 1.29 is 13.5 Å². The van der Waals surface area contributed by atoms with Crippen LogP contribution in [0.3, 0.4) is 0 Å². The molecule has 3 aromatic carbocycles. The van der Waals surface area contributed by atoms with Crippen LogP contribution in [0.25, 0.3) is 11.5 Å². The molecule has 4 rings (SSSR count). The van der Waals surface area contributed by atoms with E-state index in [0.29, 0.717) is 11.8 Å². The fourth-order valence-corrected chi connectivity index (χ4v) is 2.85. The number of nitrogens with zero attached hydrogens (tertiary/aromatic N) is 2. The van der Waals surface area contributed by atoms with E-state index in [1.165, 1.54) is 12.1 Å². The lowest BCUT2D eigenvalue weighted by Crippen LogP contribution is -2.13. The first-order valence-corrected chi connectivity index (χ1v) is 8.78. The summed E-state index contributed by atoms with van der Waals surface area (Å²) in [6, 6.07) is 22.8. The number of halogens is 1. The van der Waals surface area contributed by atoms with Gasteiger partial charge in [0.1, 0.15) is 17.6 Å². The molecule has 1 aromatic heterocycles. The normalized spacial score (nSPS) is 11.8. The van der Waals surface area contributed by atoms with Crippen molar-refractivity contribution in [2.45, 2.75) is 6.04 Å². The zero-order valence-electron chi connectivity index (χ0n) is 15.2. The lowest BCUT2D eigenvalue weighted by molar-refractivity contribution is 0.415. The molecule has 0 aliphatic rings. The highest BCUT2D eigenvalue weighted by Crippen LogP contribution is 2.29. The standard InChI is InChI=1S/C22H18FN3O2/c1-27-19-13-11-18(12-14-19)24-20(15-7-9-17(23)10-8-15)22-26-25-21(28-22)16-5-3-2-4-6-16/h2-14,20,24H,1H3. The zero-order chi connectivity index (χ0) is 19.3. The molecule has 0 bridgehead atoms. The number of methoxy groups -OCH3 is 1. The van der Waals surface area contributed by atoms with Gasteiger partial charge >= 0.3 is 0 Å². The Hall–Kier alpha value is -3.67. The topological polar surface area (TPSA) is 60.2 Å². The largest absolute Gasteiger partial charge is 0.497 e. The predicted molar refractivity (Wildman–Crippen MR) is 105 cm³/mol. The van der Waals surface area contributed by atoms with Crippen LogP contribution in [0.5, 0.6) is 5.75 Å². The first kappa shape index (κ1) is 17.7. The van der Waals surface area contributed by atoms with Crippen LogP contribution >= 0.6 is 0 Å². The molecule has 0 saturated carbocycles. The number of hydrogen-bond acceptors (Lipinski definition) is 5. The van der Waals surface area contributed by atoms with Crippen LogP contribution in [0.4, 0.5) is 10.1 Å². The SMILES string of the molecule is COc1ccc(NC(c2ccc(F)cc2)c2nnc(-c3ccccc3)o2)cc1. The second-order valence-electron chi connectivity index (χ2n) is 6.17. The minimum Gasteiger partial charge on any atom is -0.497 e. The van der Waals surface area contributed by atoms with Gasteiger partial charge in [-0.1, -0.05) is 30.3 Å². The molecule has 6 heteroatoms. The van der Waals surface area contributed by atoms with Gasteiger partial charge in [-0.2, -0.15) is 0 Å². The number of aromatic nitrogens is 2. The molecule has 0 aliphatic carbocycles. The van der Waals surface area contributed by atoms with Gasteiger partial charge in [0.15, 0.2) is 0 Å². The minimum absolute atomic E-state index is 0.303. The molecule has 1 unspecified atom stereocenters. The van der Waals surface area contributed by atoms with Crippen LogP contribution in [-0.2, 0) is 0 Å². The van der Waals surface area contributed by atoms with Gasteiger partial charge in [-0.05, 0) is 54.1 Å². The van der Waals surface area contributed by atoms with E-state index in [-0.39, 0.29) is 5.82 Å². The van der Waals surface area contributed by atoms with Crippen LogP contribution in [0.2, 0.25) is 0 Å². The lowest BCUT2D eigenvalue weighted by atomic mass is 10.1. The molecule has 0 spiro atoms. The van der Waals surface area contributed by atoms with Gasteiger partial charge in [0.05, 0.1) is 7.11 Å². The fraction of sp³-hybridized carbons (Fsp3) is 0.0909. The number of rotatable bonds is 6. The van der Waals surface area contributed by atoms with Crippen LogP contribution in [0.1, 0.15) is 17.5 Å². The summed E-state index contributed by atoms with van der Waals surface area (Å²) in [6.45, 7) is 0. The molecular weight excluding hydrogens is 357 g/mol. The van der Waals surface area contributed by atoms with Gasteiger partial charge in [-0.3, -0.25) is 0 Å². The van der Waals surface area contributed by atoms with E-state index < -0.39 is 6.04 Å². The molecule has 5 nitrogen and oxygen atoms in total. The van der Waals surface area contributed by atoms with Crippen molar-refractivity contribution in [3.63, 3.8) is 0 Å². The van der Waals surface area contributed by atoms with Crippen molar-refractivity contribution in [3.05, 3.63) is 96.1 Å². The first-order chi connectivity index (χ1) is 13.7. The fourth-order valence-electron chi connectivity index (χ4n) is 2.85. The third-order valence-electron chi connectivity index (χ3n) is 4.31. The Bertz CT molecular complexity index is 1030. The molecule has 4 aromatic rings. The number of nitrogens with one attached hydrogen (secondary N) is 1. The summed E-state index contributed by atoms with van der Waals surface area (Å²) < 4.78 is 24.5. The molecule has 28 heavy (non-hydrogen) atoms. The summed E-state index contributed by atoms with van der Waals surface area (Å²) in [5.74, 6) is 1.27. The Balaban J connectivity index is 1.68. The van der Waals surface area contributed by atoms with Crippen LogP contribution in [0, 0.1) is 5.82 Å². The number of benzene rings is 3. The molecule has 0 aliphatic heterocycles. The van der Waals surface area contributed by atoms with Gasteiger partial charge in [-0.15, -0.1) is 10.2 Å². The lowest BCUT2D eigenvalue weighted by Gasteiger charge is -2.17. The summed E-state index contributed by atoms with van der Waals surface area (Å²) in [4.78, 5) is 0. The van der Waals surface area contributed by atoms with E-state index in [4.69, 9.17) is 9.15 Å². The second-order valence-corrected chi connectivity index (χ2v) is 6.17. The average Bonchev–Trinajstić information content (AvgIpc) is 3.24. The molecule has 1 atom stereocenters. The van der Waals surface area contributed by atoms with E-state index in [0.717, 1.165) is 22.6 Å². The smallest absolute Gasteiger partial charge is 0.247 e. The quantitative estimate of drug-likeness (QED) is 0.509. The monoisotopic (exact) mass is 375 g/mol. The molecule has 0 radical (unpaired) electrons. The molecular formula is C22H18FN3O2. The summed E-state index contributed by atoms with van der Waals surface area (Å²) in [5.41, 5.74) is 2.48. The van der Waals surface area contributed by atoms with E-state index in [9.17, 15) is 4.39 Å². The van der Waals surface area contributed by atoms with Crippen molar-refractivity contribution in [1.82, 2.24) is 10.2 Å². The Morgan fingerprint density at radius 2 is 1.61 bits per heavy atom. The molecule has 0 saturated heterocycles. The summed E-state index contributed by atoms with van der Waals surface area (Å²) >= 11 is 0. The first-order valence-electron chi connectivity index (χ1n) is 8.78. The molecule has 0 amide bonds. The Kier molecular flexibility index (Phi) is 5.01. The second kappa shape index (κ2) is 7.92. The van der Waals surface area contributed by atoms with E-state index in [1.54, 1.807) is 19.2 Å². The highest BCUT2D eigenvalue weighted by atomic mass is 19.1. The number of anilines is 1. The van der Waals surface area contributed by atoms with Crippen molar-refractivity contribution in [1.29, 1.82) is 0 Å². The maximum absolute atomic E-state index is 13.4. The Labute approximate surface area is 161 Å². The number of hydrogen-bond donors (Lipinski definition) is 1. The molecule has 1 N–H and O–H groups in total. The highest BCUT2D eigenvalue weighted by Gasteiger charge is 2.21. The van der Waals surface area contributed by atoms with Crippen molar-refractivity contribution in [2.75, 3.05) is 12.4 Å². The van der Waals surface area contributed by atoms with Crippen molar-refractivity contribution in [3.8, 4) is 17.2 Å². The maximum atomic E-state index is 13.4. The number of ether oxygens (including phenoxy) is 1. The van der Waals surface area contributed by atoms with E-state index >= 15 is 0 Å². The van der Waals surface area contributed by atoms with Crippen LogP contribution in [-0.4, -0.2) is 17.3 Å². The van der Waals surface area contributed by atoms with Gasteiger partial charge in [-0.25, -0.2) is 4.39 Å². The Morgan fingerprint density at radius 3 is 2.29 bits per heavy atom. The van der Waals surface area contributed by atoms with Crippen molar-refractivity contribution >= 4 is 5.69 Å². The Morgan fingerprint density at radius 1 is 0.893 bits per heavy atom. The van der Waals surface area contributed by atoms with Gasteiger partial charge in [0.2, 0.25) is 11.8 Å². The third kappa shape index (κ3) is 3.86.